The van der Waals surface area contributed by atoms with E-state index in [4.69, 9.17) is 11.6 Å². The molecule has 1 aromatic heterocycles. The Hall–Kier alpha value is -1.07. The lowest BCUT2D eigenvalue weighted by Crippen LogP contribution is -2.38. The van der Waals surface area contributed by atoms with E-state index in [2.05, 4.69) is 0 Å². The molecule has 114 valence electrons. The van der Waals surface area contributed by atoms with E-state index in [1.165, 1.54) is 11.3 Å². The van der Waals surface area contributed by atoms with Gasteiger partial charge >= 0.3 is 5.97 Å². The normalized spacial score (nSPS) is 29.4. The van der Waals surface area contributed by atoms with Crippen molar-refractivity contribution in [3.05, 3.63) is 21.3 Å². The second-order valence-electron chi connectivity index (χ2n) is 6.13. The van der Waals surface area contributed by atoms with Crippen LogP contribution < -0.4 is 0 Å². The number of halogens is 1. The van der Waals surface area contributed by atoms with Crippen molar-refractivity contribution in [2.24, 2.45) is 11.3 Å². The minimum Gasteiger partial charge on any atom is -0.481 e. The van der Waals surface area contributed by atoms with Gasteiger partial charge in [0, 0.05) is 18.0 Å². The molecule has 0 bridgehead atoms. The molecule has 1 N–H and O–H groups in total. The molecule has 3 atom stereocenters. The van der Waals surface area contributed by atoms with Gasteiger partial charge in [0.1, 0.15) is 0 Å². The monoisotopic (exact) mass is 327 g/mol. The van der Waals surface area contributed by atoms with E-state index in [9.17, 15) is 14.7 Å². The van der Waals surface area contributed by atoms with E-state index in [0.29, 0.717) is 23.8 Å². The van der Waals surface area contributed by atoms with Gasteiger partial charge in [0.05, 0.1) is 15.7 Å². The third-order valence-corrected chi connectivity index (χ3v) is 6.41. The zero-order valence-electron chi connectivity index (χ0n) is 11.8. The van der Waals surface area contributed by atoms with E-state index in [-0.39, 0.29) is 17.7 Å². The first-order valence-electron chi connectivity index (χ1n) is 7.21. The smallest absolute Gasteiger partial charge is 0.311 e. The molecule has 2 fully saturated rings. The van der Waals surface area contributed by atoms with E-state index < -0.39 is 11.4 Å². The molecule has 4 nitrogen and oxygen atoms in total. The highest BCUT2D eigenvalue weighted by Gasteiger charge is 2.56. The highest BCUT2D eigenvalue weighted by atomic mass is 35.5. The van der Waals surface area contributed by atoms with Crippen LogP contribution in [0.1, 0.15) is 37.0 Å². The van der Waals surface area contributed by atoms with Gasteiger partial charge < -0.3 is 10.0 Å². The summed E-state index contributed by atoms with van der Waals surface area (Å²) in [6, 6.07) is 3.67. The Labute approximate surface area is 132 Å². The van der Waals surface area contributed by atoms with Crippen LogP contribution in [0, 0.1) is 11.3 Å². The summed E-state index contributed by atoms with van der Waals surface area (Å²) >= 11 is 7.34. The second-order valence-corrected chi connectivity index (χ2v) is 7.88. The number of fused-ring (bicyclic) bond motifs is 1. The Morgan fingerprint density at radius 3 is 2.86 bits per heavy atom. The first-order valence-corrected chi connectivity index (χ1v) is 8.41. The van der Waals surface area contributed by atoms with Crippen LogP contribution in [0.3, 0.4) is 0 Å². The molecule has 0 radical (unpaired) electrons. The molecule has 1 amide bonds. The molecular weight excluding hydrogens is 310 g/mol. The molecule has 1 aliphatic carbocycles. The summed E-state index contributed by atoms with van der Waals surface area (Å²) in [6.45, 7) is 2.80. The van der Waals surface area contributed by atoms with Gasteiger partial charge in [0.25, 0.3) is 0 Å². The number of nitrogens with zero attached hydrogens (tertiary/aromatic N) is 1. The number of aliphatic carboxylic acids is 1. The maximum Gasteiger partial charge on any atom is 0.311 e. The third-order valence-electron chi connectivity index (χ3n) is 5.00. The summed E-state index contributed by atoms with van der Waals surface area (Å²) in [6.07, 6.45) is 2.56. The van der Waals surface area contributed by atoms with E-state index in [0.717, 1.165) is 17.7 Å². The SMILES string of the molecule is CC(C(=O)N1C[C@@H]2CCC[C@@]2(C(=O)O)C1)c1ccc(Cl)s1. The Morgan fingerprint density at radius 1 is 1.52 bits per heavy atom. The summed E-state index contributed by atoms with van der Waals surface area (Å²) in [5, 5.41) is 9.58. The largest absolute Gasteiger partial charge is 0.481 e. The number of likely N-dealkylation sites (tertiary alicyclic amines) is 1. The maximum atomic E-state index is 12.6. The molecule has 6 heteroatoms. The van der Waals surface area contributed by atoms with Gasteiger partial charge in [-0.05, 0) is 37.8 Å². The number of amides is 1. The lowest BCUT2D eigenvalue weighted by Gasteiger charge is -2.24. The predicted molar refractivity (Wildman–Crippen MR) is 81.7 cm³/mol. The summed E-state index contributed by atoms with van der Waals surface area (Å²) in [5.74, 6) is -0.874. The molecule has 2 heterocycles. The average Bonchev–Trinajstić information content (AvgIpc) is 3.09. The standard InChI is InChI=1S/C15H18ClNO3S/c1-9(11-4-5-12(16)21-11)13(18)17-7-10-3-2-6-15(10,8-17)14(19)20/h4-5,9-10H,2-3,6-8H2,1H3,(H,19,20)/t9?,10-,15+/m0/s1. The van der Waals surface area contributed by atoms with Crippen LogP contribution in [0.15, 0.2) is 12.1 Å². The van der Waals surface area contributed by atoms with Crippen molar-refractivity contribution in [3.8, 4) is 0 Å². The van der Waals surface area contributed by atoms with Crippen LogP contribution in [0.2, 0.25) is 4.34 Å². The lowest BCUT2D eigenvalue weighted by molar-refractivity contribution is -0.149. The number of hydrogen-bond donors (Lipinski definition) is 1. The van der Waals surface area contributed by atoms with Crippen molar-refractivity contribution in [1.82, 2.24) is 4.90 Å². The zero-order chi connectivity index (χ0) is 15.2. The van der Waals surface area contributed by atoms with Crippen molar-refractivity contribution in [1.29, 1.82) is 0 Å². The Balaban J connectivity index is 1.77. The van der Waals surface area contributed by atoms with Gasteiger partial charge in [-0.3, -0.25) is 9.59 Å². The molecule has 0 spiro atoms. The number of carbonyl (C=O) groups excluding carboxylic acids is 1. The van der Waals surface area contributed by atoms with Crippen LogP contribution in [0.25, 0.3) is 0 Å². The van der Waals surface area contributed by atoms with Crippen molar-refractivity contribution in [2.75, 3.05) is 13.1 Å². The van der Waals surface area contributed by atoms with Crippen molar-refractivity contribution >= 4 is 34.8 Å². The summed E-state index contributed by atoms with van der Waals surface area (Å²) in [7, 11) is 0. The molecule has 0 aromatic carbocycles. The van der Waals surface area contributed by atoms with Gasteiger partial charge in [-0.1, -0.05) is 18.0 Å². The van der Waals surface area contributed by atoms with Crippen LogP contribution in [-0.4, -0.2) is 35.0 Å². The molecule has 1 aliphatic heterocycles. The Bertz CT molecular complexity index is 587. The zero-order valence-corrected chi connectivity index (χ0v) is 13.4. The van der Waals surface area contributed by atoms with Crippen molar-refractivity contribution in [2.45, 2.75) is 32.1 Å². The first-order chi connectivity index (χ1) is 9.94. The van der Waals surface area contributed by atoms with Crippen LogP contribution in [0.4, 0.5) is 0 Å². The predicted octanol–water partition coefficient (Wildman–Crippen LogP) is 3.22. The number of rotatable bonds is 3. The van der Waals surface area contributed by atoms with Gasteiger partial charge in [-0.15, -0.1) is 11.3 Å². The fourth-order valence-corrected chi connectivity index (χ4v) is 4.87. The Kier molecular flexibility index (Phi) is 3.74. The fourth-order valence-electron chi connectivity index (χ4n) is 3.76. The third kappa shape index (κ3) is 2.36. The van der Waals surface area contributed by atoms with E-state index >= 15 is 0 Å². The number of hydrogen-bond acceptors (Lipinski definition) is 3. The minimum atomic E-state index is -0.743. The molecule has 1 aromatic rings. The van der Waals surface area contributed by atoms with Gasteiger partial charge in [0.2, 0.25) is 5.91 Å². The highest BCUT2D eigenvalue weighted by molar-refractivity contribution is 7.16. The summed E-state index contributed by atoms with van der Waals surface area (Å²) in [4.78, 5) is 27.0. The van der Waals surface area contributed by atoms with Crippen molar-refractivity contribution < 1.29 is 14.7 Å². The van der Waals surface area contributed by atoms with Gasteiger partial charge in [-0.25, -0.2) is 0 Å². The van der Waals surface area contributed by atoms with Gasteiger partial charge in [0.15, 0.2) is 0 Å². The molecule has 1 saturated heterocycles. The highest BCUT2D eigenvalue weighted by Crippen LogP contribution is 2.49. The number of carboxylic acids is 1. The van der Waals surface area contributed by atoms with Crippen LogP contribution in [-0.2, 0) is 9.59 Å². The minimum absolute atomic E-state index is 0.0172. The molecule has 21 heavy (non-hydrogen) atoms. The number of thiophene rings is 1. The second kappa shape index (κ2) is 5.29. The average molecular weight is 328 g/mol. The first kappa shape index (κ1) is 14.9. The lowest BCUT2D eigenvalue weighted by atomic mass is 9.81. The van der Waals surface area contributed by atoms with E-state index in [1.54, 1.807) is 11.0 Å². The molecular formula is C15H18ClNO3S. The topological polar surface area (TPSA) is 57.6 Å². The summed E-state index contributed by atoms with van der Waals surface area (Å²) in [5.41, 5.74) is -0.706. The molecule has 2 aliphatic rings. The van der Waals surface area contributed by atoms with E-state index in [1.807, 2.05) is 13.0 Å². The fraction of sp³-hybridized carbons (Fsp3) is 0.600. The van der Waals surface area contributed by atoms with Crippen molar-refractivity contribution in [3.63, 3.8) is 0 Å². The quantitative estimate of drug-likeness (QED) is 0.927. The molecule has 3 rings (SSSR count). The summed E-state index contributed by atoms with van der Waals surface area (Å²) < 4.78 is 0.671. The maximum absolute atomic E-state index is 12.6. The van der Waals surface area contributed by atoms with Crippen LogP contribution in [0.5, 0.6) is 0 Å². The van der Waals surface area contributed by atoms with Crippen LogP contribution >= 0.6 is 22.9 Å². The van der Waals surface area contributed by atoms with Gasteiger partial charge in [-0.2, -0.15) is 0 Å². The number of carbonyl (C=O) groups is 2. The number of carboxylic acid groups (broad SMARTS) is 1. The molecule has 1 saturated carbocycles. The Morgan fingerprint density at radius 2 is 2.29 bits per heavy atom. The molecule has 1 unspecified atom stereocenters.